The maximum Gasteiger partial charge on any atom is 0.299 e. The summed E-state index contributed by atoms with van der Waals surface area (Å²) in [6, 6.07) is 4.53. The first-order valence-electron chi connectivity index (χ1n) is 7.24. The molecule has 0 radical (unpaired) electrons. The average molecular weight is 292 g/mol. The molecule has 0 aromatic heterocycles. The van der Waals surface area contributed by atoms with Crippen LogP contribution in [0.1, 0.15) is 38.1 Å². The SMILES string of the molecule is CC(C)N(CCN1C(=O)C(=O)c2ccc(F)cc21)C(C)C. The molecule has 1 aliphatic rings. The van der Waals surface area contributed by atoms with Crippen molar-refractivity contribution >= 4 is 17.4 Å². The molecule has 0 N–H and O–H groups in total. The maximum absolute atomic E-state index is 13.4. The Hall–Kier alpha value is -1.75. The van der Waals surface area contributed by atoms with E-state index in [1.54, 1.807) is 0 Å². The van der Waals surface area contributed by atoms with Gasteiger partial charge in [0.1, 0.15) is 5.82 Å². The standard InChI is InChI=1S/C16H21FN2O2/c1-10(2)18(11(3)4)7-8-19-14-9-12(17)5-6-13(14)15(20)16(19)21/h5-6,9-11H,7-8H2,1-4H3. The Morgan fingerprint density at radius 3 is 2.33 bits per heavy atom. The van der Waals surface area contributed by atoms with E-state index in [1.807, 2.05) is 0 Å². The Bertz CT molecular complexity index is 561. The molecule has 1 aromatic rings. The van der Waals surface area contributed by atoms with Crippen LogP contribution in [0.2, 0.25) is 0 Å². The Kier molecular flexibility index (Phi) is 4.42. The molecule has 0 atom stereocenters. The van der Waals surface area contributed by atoms with Crippen molar-refractivity contribution < 1.29 is 14.0 Å². The second-order valence-corrected chi connectivity index (χ2v) is 5.87. The van der Waals surface area contributed by atoms with E-state index in [0.29, 0.717) is 36.4 Å². The minimum atomic E-state index is -0.567. The molecule has 0 fully saturated rings. The second-order valence-electron chi connectivity index (χ2n) is 5.87. The van der Waals surface area contributed by atoms with Gasteiger partial charge in [-0.2, -0.15) is 0 Å². The van der Waals surface area contributed by atoms with Crippen LogP contribution < -0.4 is 4.90 Å². The van der Waals surface area contributed by atoms with E-state index < -0.39 is 17.5 Å². The van der Waals surface area contributed by atoms with Crippen LogP contribution in [0.4, 0.5) is 10.1 Å². The lowest BCUT2D eigenvalue weighted by Crippen LogP contribution is -2.43. The van der Waals surface area contributed by atoms with Gasteiger partial charge in [-0.3, -0.25) is 14.5 Å². The van der Waals surface area contributed by atoms with Crippen molar-refractivity contribution in [2.75, 3.05) is 18.0 Å². The van der Waals surface area contributed by atoms with Crippen molar-refractivity contribution in [2.45, 2.75) is 39.8 Å². The number of fused-ring (bicyclic) bond motifs is 1. The lowest BCUT2D eigenvalue weighted by atomic mass is 10.1. The fourth-order valence-corrected chi connectivity index (χ4v) is 2.82. The lowest BCUT2D eigenvalue weighted by molar-refractivity contribution is -0.114. The lowest BCUT2D eigenvalue weighted by Gasteiger charge is -2.32. The zero-order valence-corrected chi connectivity index (χ0v) is 12.9. The molecule has 21 heavy (non-hydrogen) atoms. The Labute approximate surface area is 124 Å². The van der Waals surface area contributed by atoms with Gasteiger partial charge in [-0.25, -0.2) is 4.39 Å². The van der Waals surface area contributed by atoms with Crippen LogP contribution in [0.15, 0.2) is 18.2 Å². The molecule has 1 aromatic carbocycles. The molecule has 2 rings (SSSR count). The first kappa shape index (κ1) is 15.6. The summed E-state index contributed by atoms with van der Waals surface area (Å²) in [6.07, 6.45) is 0. The molecule has 1 aliphatic heterocycles. The van der Waals surface area contributed by atoms with Gasteiger partial charge < -0.3 is 4.90 Å². The Morgan fingerprint density at radius 2 is 1.76 bits per heavy atom. The number of carbonyl (C=O) groups is 2. The monoisotopic (exact) mass is 292 g/mol. The molecule has 0 spiro atoms. The molecule has 0 unspecified atom stereocenters. The van der Waals surface area contributed by atoms with Crippen LogP contribution >= 0.6 is 0 Å². The summed E-state index contributed by atoms with van der Waals surface area (Å²) in [7, 11) is 0. The fraction of sp³-hybridized carbons (Fsp3) is 0.500. The second kappa shape index (κ2) is 5.93. The summed E-state index contributed by atoms with van der Waals surface area (Å²) in [5.74, 6) is -1.56. The number of anilines is 1. The number of hydrogen-bond donors (Lipinski definition) is 0. The van der Waals surface area contributed by atoms with Gasteiger partial charge in [0, 0.05) is 25.2 Å². The van der Waals surface area contributed by atoms with Gasteiger partial charge in [-0.15, -0.1) is 0 Å². The van der Waals surface area contributed by atoms with Gasteiger partial charge in [-0.1, -0.05) is 0 Å². The van der Waals surface area contributed by atoms with E-state index in [4.69, 9.17) is 0 Å². The van der Waals surface area contributed by atoms with Crippen LogP contribution in [0.5, 0.6) is 0 Å². The summed E-state index contributed by atoms with van der Waals surface area (Å²) in [6.45, 7) is 9.38. The number of hydrogen-bond acceptors (Lipinski definition) is 3. The first-order valence-corrected chi connectivity index (χ1v) is 7.24. The van der Waals surface area contributed by atoms with Crippen molar-refractivity contribution in [2.24, 2.45) is 0 Å². The minimum Gasteiger partial charge on any atom is -0.303 e. The smallest absolute Gasteiger partial charge is 0.299 e. The predicted octanol–water partition coefficient (Wildman–Crippen LogP) is 2.47. The van der Waals surface area contributed by atoms with Crippen LogP contribution in [0, 0.1) is 5.82 Å². The van der Waals surface area contributed by atoms with Crippen LogP contribution in [0.3, 0.4) is 0 Å². The van der Waals surface area contributed by atoms with E-state index in [0.717, 1.165) is 0 Å². The summed E-state index contributed by atoms with van der Waals surface area (Å²) in [5, 5.41) is 0. The van der Waals surface area contributed by atoms with Crippen molar-refractivity contribution in [3.05, 3.63) is 29.6 Å². The normalized spacial score (nSPS) is 14.8. The van der Waals surface area contributed by atoms with E-state index in [2.05, 4.69) is 32.6 Å². The van der Waals surface area contributed by atoms with Gasteiger partial charge in [0.15, 0.2) is 0 Å². The highest BCUT2D eigenvalue weighted by Gasteiger charge is 2.36. The quantitative estimate of drug-likeness (QED) is 0.783. The molecular formula is C16H21FN2O2. The van der Waals surface area contributed by atoms with Crippen LogP contribution in [-0.2, 0) is 4.79 Å². The first-order chi connectivity index (χ1) is 9.82. The fourth-order valence-electron chi connectivity index (χ4n) is 2.82. The molecule has 4 nitrogen and oxygen atoms in total. The van der Waals surface area contributed by atoms with Gasteiger partial charge in [0.2, 0.25) is 0 Å². The molecule has 1 heterocycles. The Morgan fingerprint density at radius 1 is 1.14 bits per heavy atom. The van der Waals surface area contributed by atoms with E-state index >= 15 is 0 Å². The van der Waals surface area contributed by atoms with Crippen molar-refractivity contribution in [3.63, 3.8) is 0 Å². The summed E-state index contributed by atoms with van der Waals surface area (Å²) >= 11 is 0. The molecule has 0 saturated heterocycles. The average Bonchev–Trinajstić information content (AvgIpc) is 2.62. The topological polar surface area (TPSA) is 40.6 Å². The summed E-state index contributed by atoms with van der Waals surface area (Å²) < 4.78 is 13.4. The largest absolute Gasteiger partial charge is 0.303 e. The van der Waals surface area contributed by atoms with E-state index in [-0.39, 0.29) is 0 Å². The van der Waals surface area contributed by atoms with Crippen molar-refractivity contribution in [3.8, 4) is 0 Å². The highest BCUT2D eigenvalue weighted by Crippen LogP contribution is 2.29. The molecule has 1 amide bonds. The summed E-state index contributed by atoms with van der Waals surface area (Å²) in [4.78, 5) is 27.6. The number of ketones is 1. The third-order valence-corrected chi connectivity index (χ3v) is 3.84. The maximum atomic E-state index is 13.4. The minimum absolute atomic E-state index is 0.294. The number of nitrogens with zero attached hydrogens (tertiary/aromatic N) is 2. The van der Waals surface area contributed by atoms with Crippen molar-refractivity contribution in [1.29, 1.82) is 0 Å². The number of benzene rings is 1. The highest BCUT2D eigenvalue weighted by molar-refractivity contribution is 6.52. The number of amides is 1. The van der Waals surface area contributed by atoms with Crippen molar-refractivity contribution in [1.82, 2.24) is 4.90 Å². The molecule has 5 heteroatoms. The highest BCUT2D eigenvalue weighted by atomic mass is 19.1. The predicted molar refractivity (Wildman–Crippen MR) is 80.1 cm³/mol. The van der Waals surface area contributed by atoms with Gasteiger partial charge in [0.25, 0.3) is 11.7 Å². The van der Waals surface area contributed by atoms with Crippen LogP contribution in [0.25, 0.3) is 0 Å². The number of Topliss-reactive ketones (excluding diaryl/α,β-unsaturated/α-hetero) is 1. The van der Waals surface area contributed by atoms with Gasteiger partial charge >= 0.3 is 0 Å². The molecule has 0 aliphatic carbocycles. The third kappa shape index (κ3) is 2.97. The number of rotatable bonds is 5. The number of halogens is 1. The molecule has 0 bridgehead atoms. The summed E-state index contributed by atoms with van der Waals surface area (Å²) in [5.41, 5.74) is 0.680. The number of carbonyl (C=O) groups excluding carboxylic acids is 2. The van der Waals surface area contributed by atoms with E-state index in [9.17, 15) is 14.0 Å². The zero-order valence-electron chi connectivity index (χ0n) is 12.9. The van der Waals surface area contributed by atoms with Gasteiger partial charge in [0.05, 0.1) is 11.3 Å². The Balaban J connectivity index is 2.20. The van der Waals surface area contributed by atoms with Gasteiger partial charge in [-0.05, 0) is 45.9 Å². The molecule has 114 valence electrons. The third-order valence-electron chi connectivity index (χ3n) is 3.84. The molecule has 0 saturated carbocycles. The zero-order chi connectivity index (χ0) is 15.7. The van der Waals surface area contributed by atoms with E-state index in [1.165, 1.54) is 23.1 Å². The molecular weight excluding hydrogens is 271 g/mol. The van der Waals surface area contributed by atoms with Crippen LogP contribution in [-0.4, -0.2) is 41.8 Å².